The average molecular weight is 407 g/mol. The fourth-order valence-electron chi connectivity index (χ4n) is 4.04. The van der Waals surface area contributed by atoms with Crippen LogP contribution in [0.5, 0.6) is 0 Å². The lowest BCUT2D eigenvalue weighted by Gasteiger charge is -2.39. The summed E-state index contributed by atoms with van der Waals surface area (Å²) in [5.74, 6) is -0.0612. The topological polar surface area (TPSA) is 54.8 Å². The molecule has 0 aliphatic carbocycles. The van der Waals surface area contributed by atoms with Gasteiger partial charge in [0.05, 0.1) is 28.8 Å². The van der Waals surface area contributed by atoms with Crippen molar-refractivity contribution in [2.45, 2.75) is 12.6 Å². The molecule has 1 fully saturated rings. The molecule has 0 N–H and O–H groups in total. The van der Waals surface area contributed by atoms with E-state index in [0.717, 1.165) is 16.0 Å². The number of methoxy groups -OCH3 is 1. The highest BCUT2D eigenvalue weighted by Crippen LogP contribution is 2.37. The van der Waals surface area contributed by atoms with Crippen LogP contribution in [0.4, 0.5) is 0 Å². The number of likely N-dealkylation sites (tertiary alicyclic amines) is 1. The zero-order valence-electron chi connectivity index (χ0n) is 16.3. The highest BCUT2D eigenvalue weighted by Gasteiger charge is 2.36. The highest BCUT2D eigenvalue weighted by atomic mass is 32.1. The van der Waals surface area contributed by atoms with E-state index < -0.39 is 0 Å². The molecule has 0 spiro atoms. The van der Waals surface area contributed by atoms with Crippen LogP contribution in [0.1, 0.15) is 15.9 Å². The van der Waals surface area contributed by atoms with Gasteiger partial charge in [-0.25, -0.2) is 4.68 Å². The molecule has 0 atom stereocenters. The van der Waals surface area contributed by atoms with Crippen LogP contribution in [0, 0.1) is 0 Å². The Labute approximate surface area is 172 Å². The molecule has 0 saturated carbocycles. The van der Waals surface area contributed by atoms with Crippen LogP contribution in [0.25, 0.3) is 21.7 Å². The Morgan fingerprint density at radius 2 is 1.93 bits per heavy atom. The Hall–Kier alpha value is -2.90. The summed E-state index contributed by atoms with van der Waals surface area (Å²) in [5, 5.41) is 3.91. The monoisotopic (exact) mass is 407 g/mol. The second-order valence-electron chi connectivity index (χ2n) is 7.46. The van der Waals surface area contributed by atoms with Gasteiger partial charge in [0, 0.05) is 32.8 Å². The zero-order chi connectivity index (χ0) is 20.1. The Kier molecular flexibility index (Phi) is 4.29. The van der Waals surface area contributed by atoms with Crippen molar-refractivity contribution in [2.24, 2.45) is 0 Å². The van der Waals surface area contributed by atoms with Gasteiger partial charge < -0.3 is 14.6 Å². The zero-order valence-corrected chi connectivity index (χ0v) is 17.1. The van der Waals surface area contributed by atoms with Crippen LogP contribution in [0.15, 0.2) is 52.6 Å². The van der Waals surface area contributed by atoms with E-state index in [2.05, 4.69) is 6.07 Å². The molecule has 0 radical (unpaired) electrons. The molecule has 4 heterocycles. The smallest absolute Gasteiger partial charge is 0.277 e. The van der Waals surface area contributed by atoms with Crippen molar-refractivity contribution in [1.82, 2.24) is 9.58 Å². The average Bonchev–Trinajstić information content (AvgIpc) is 3.16. The number of carbonyl (C=O) groups excluding carboxylic acids is 1. The first-order chi connectivity index (χ1) is 14.1. The number of benzene rings is 1. The van der Waals surface area contributed by atoms with E-state index in [-0.39, 0.29) is 17.6 Å². The lowest BCUT2D eigenvalue weighted by Crippen LogP contribution is -2.55. The van der Waals surface area contributed by atoms with Crippen molar-refractivity contribution in [3.63, 3.8) is 0 Å². The number of hydrogen-bond acceptors (Lipinski definition) is 5. The summed E-state index contributed by atoms with van der Waals surface area (Å²) in [7, 11) is 3.55. The standard InChI is InChI=1S/C22H21N3O3S/c1-23-11-15-8-9-29-20(15)19-18(21(26)24-12-16(13-24)28-2)10-17(22(27)25(19)23)14-6-4-3-5-7-14/h3-10,16H,11-13H2,1-2H3. The predicted octanol–water partition coefficient (Wildman–Crippen LogP) is 2.80. The second-order valence-corrected chi connectivity index (χ2v) is 8.38. The molecule has 3 aromatic rings. The van der Waals surface area contributed by atoms with Crippen molar-refractivity contribution < 1.29 is 9.53 Å². The van der Waals surface area contributed by atoms with Crippen molar-refractivity contribution in [3.05, 3.63) is 69.3 Å². The predicted molar refractivity (Wildman–Crippen MR) is 114 cm³/mol. The van der Waals surface area contributed by atoms with Gasteiger partial charge in [-0.05, 0) is 28.6 Å². The minimum Gasteiger partial charge on any atom is -0.378 e. The summed E-state index contributed by atoms with van der Waals surface area (Å²) in [6.45, 7) is 1.77. The molecule has 148 valence electrons. The molecular formula is C22H21N3O3S. The third-order valence-corrected chi connectivity index (χ3v) is 6.63. The maximum Gasteiger partial charge on any atom is 0.277 e. The summed E-state index contributed by atoms with van der Waals surface area (Å²) in [6.07, 6.45) is 0.0785. The Morgan fingerprint density at radius 1 is 1.17 bits per heavy atom. The molecule has 1 saturated heterocycles. The number of amides is 1. The molecule has 29 heavy (non-hydrogen) atoms. The summed E-state index contributed by atoms with van der Waals surface area (Å²) >= 11 is 1.57. The summed E-state index contributed by atoms with van der Waals surface area (Å²) < 4.78 is 7.00. The molecule has 1 aromatic carbocycles. The van der Waals surface area contributed by atoms with E-state index in [1.165, 1.54) is 0 Å². The van der Waals surface area contributed by atoms with E-state index in [1.54, 1.807) is 34.1 Å². The summed E-state index contributed by atoms with van der Waals surface area (Å²) in [4.78, 5) is 29.7. The number of hydrogen-bond donors (Lipinski definition) is 0. The lowest BCUT2D eigenvalue weighted by atomic mass is 9.99. The molecule has 7 heteroatoms. The van der Waals surface area contributed by atoms with Gasteiger partial charge in [0.25, 0.3) is 11.5 Å². The van der Waals surface area contributed by atoms with Crippen LogP contribution in [-0.4, -0.2) is 48.8 Å². The maximum atomic E-state index is 13.5. The maximum absolute atomic E-state index is 13.5. The SMILES string of the molecule is COC1CN(C(=O)c2cc(-c3ccccc3)c(=O)n3c2-c2sccc2CN3C)C1. The van der Waals surface area contributed by atoms with Crippen molar-refractivity contribution in [3.8, 4) is 21.7 Å². The van der Waals surface area contributed by atoms with Gasteiger partial charge in [0.15, 0.2) is 0 Å². The first-order valence-electron chi connectivity index (χ1n) is 9.54. The molecule has 0 unspecified atom stereocenters. The summed E-state index contributed by atoms with van der Waals surface area (Å²) in [6, 6.07) is 13.4. The van der Waals surface area contributed by atoms with Crippen molar-refractivity contribution in [1.29, 1.82) is 0 Å². The number of rotatable bonds is 3. The number of ether oxygens (including phenoxy) is 1. The Morgan fingerprint density at radius 3 is 2.66 bits per heavy atom. The van der Waals surface area contributed by atoms with Gasteiger partial charge in [-0.3, -0.25) is 9.59 Å². The van der Waals surface area contributed by atoms with E-state index in [1.807, 2.05) is 47.8 Å². The fourth-order valence-corrected chi connectivity index (χ4v) is 5.00. The van der Waals surface area contributed by atoms with Gasteiger partial charge in [-0.15, -0.1) is 11.3 Å². The van der Waals surface area contributed by atoms with Gasteiger partial charge in [-0.2, -0.15) is 0 Å². The molecule has 6 nitrogen and oxygen atoms in total. The van der Waals surface area contributed by atoms with Gasteiger partial charge in [-0.1, -0.05) is 30.3 Å². The molecule has 5 rings (SSSR count). The van der Waals surface area contributed by atoms with Crippen LogP contribution >= 0.6 is 11.3 Å². The van der Waals surface area contributed by atoms with E-state index >= 15 is 0 Å². The van der Waals surface area contributed by atoms with Crippen LogP contribution < -0.4 is 10.6 Å². The largest absolute Gasteiger partial charge is 0.378 e. The molecule has 2 aromatic heterocycles. The second kappa shape index (κ2) is 6.86. The Balaban J connectivity index is 1.74. The van der Waals surface area contributed by atoms with Crippen molar-refractivity contribution >= 4 is 17.2 Å². The highest BCUT2D eigenvalue weighted by molar-refractivity contribution is 7.13. The van der Waals surface area contributed by atoms with E-state index in [4.69, 9.17) is 4.74 Å². The normalized spacial score (nSPS) is 15.7. The van der Waals surface area contributed by atoms with Crippen LogP contribution in [-0.2, 0) is 11.3 Å². The molecule has 2 aliphatic rings. The fraction of sp³-hybridized carbons (Fsp3) is 0.273. The van der Waals surface area contributed by atoms with Crippen molar-refractivity contribution in [2.75, 3.05) is 32.3 Å². The van der Waals surface area contributed by atoms with Crippen LogP contribution in [0.2, 0.25) is 0 Å². The van der Waals surface area contributed by atoms with Gasteiger partial charge >= 0.3 is 0 Å². The van der Waals surface area contributed by atoms with Gasteiger partial charge in [0.2, 0.25) is 0 Å². The minimum absolute atomic E-state index is 0.0612. The molecule has 2 aliphatic heterocycles. The number of carbonyl (C=O) groups is 1. The molecule has 1 amide bonds. The lowest BCUT2D eigenvalue weighted by molar-refractivity contribution is -0.0191. The first kappa shape index (κ1) is 18.1. The van der Waals surface area contributed by atoms with E-state index in [0.29, 0.717) is 36.5 Å². The molecule has 0 bridgehead atoms. The molecular weight excluding hydrogens is 386 g/mol. The number of nitrogens with zero attached hydrogens (tertiary/aromatic N) is 3. The number of thiophene rings is 1. The third-order valence-electron chi connectivity index (χ3n) is 5.66. The minimum atomic E-state index is -0.109. The quantitative estimate of drug-likeness (QED) is 0.670. The Bertz CT molecular complexity index is 1150. The number of fused-ring (bicyclic) bond motifs is 3. The third kappa shape index (κ3) is 2.81. The first-order valence-corrected chi connectivity index (χ1v) is 10.4. The summed E-state index contributed by atoms with van der Waals surface area (Å²) in [5.41, 5.74) is 3.63. The van der Waals surface area contributed by atoms with E-state index in [9.17, 15) is 9.59 Å². The van der Waals surface area contributed by atoms with Crippen LogP contribution in [0.3, 0.4) is 0 Å². The number of aromatic nitrogens is 1. The van der Waals surface area contributed by atoms with Gasteiger partial charge in [0.1, 0.15) is 0 Å². The number of pyridine rings is 1.